The van der Waals surface area contributed by atoms with Crippen molar-refractivity contribution in [1.29, 1.82) is 0 Å². The minimum Gasteiger partial charge on any atom is -0.392 e. The third-order valence-electron chi connectivity index (χ3n) is 12.9. The fraction of sp³-hybridized carbons (Fsp3) is 0.524. The first-order chi connectivity index (χ1) is 25.3. The molecule has 6 aliphatic rings. The number of nitrogens with zero attached hydrogens (tertiary/aromatic N) is 2. The average molecular weight is 706 g/mol. The Morgan fingerprint density at radius 2 is 1.62 bits per heavy atom. The van der Waals surface area contributed by atoms with E-state index in [-0.39, 0.29) is 48.0 Å². The SMILES string of the molecule is CC1C(CN2CCC(n3c(=O)[nH]c4ccccc43)CC2)OC(c2cccc(NC(=O)NC34CC5CC(CC(C5)C3)C4)c2)OC1c1ccc(CO)cc1. The molecule has 2 saturated heterocycles. The Morgan fingerprint density at radius 1 is 0.904 bits per heavy atom. The van der Waals surface area contributed by atoms with Crippen LogP contribution in [-0.4, -0.2) is 56.9 Å². The zero-order chi connectivity index (χ0) is 35.4. The number of aromatic nitrogens is 2. The lowest BCUT2D eigenvalue weighted by atomic mass is 9.53. The lowest BCUT2D eigenvalue weighted by molar-refractivity contribution is -0.276. The van der Waals surface area contributed by atoms with Crippen molar-refractivity contribution in [3.63, 3.8) is 0 Å². The third kappa shape index (κ3) is 6.59. The molecule has 4 saturated carbocycles. The van der Waals surface area contributed by atoms with Crippen LogP contribution in [0, 0.1) is 23.7 Å². The number of anilines is 1. The number of amides is 2. The topological polar surface area (TPSA) is 121 Å². The predicted octanol–water partition coefficient (Wildman–Crippen LogP) is 7.04. The number of hydrogen-bond donors (Lipinski definition) is 4. The standard InChI is InChI=1S/C42H51N5O5/c1-26-37(24-46-15-13-34(14-16-46)47-36-8-3-2-7-35(36)44-41(47)50)51-39(52-38(26)31-11-9-27(25-48)10-12-31)32-5-4-6-33(20-32)43-40(49)45-42-21-28-17-29(22-42)19-30(18-28)23-42/h2-12,20,26,28-30,34,37-39,48H,13-19,21-25H2,1H3,(H,44,50)(H2,43,45,49). The van der Waals surface area contributed by atoms with Gasteiger partial charge in [-0.3, -0.25) is 4.57 Å². The first-order valence-electron chi connectivity index (χ1n) is 19.4. The molecule has 4 aromatic rings. The van der Waals surface area contributed by atoms with Crippen molar-refractivity contribution in [2.45, 2.75) is 95.0 Å². The molecule has 2 amide bonds. The number of hydrogen-bond acceptors (Lipinski definition) is 6. The van der Waals surface area contributed by atoms with Gasteiger partial charge in [0.2, 0.25) is 0 Å². The van der Waals surface area contributed by atoms with Gasteiger partial charge in [0.25, 0.3) is 0 Å². The summed E-state index contributed by atoms with van der Waals surface area (Å²) in [5.74, 6) is 2.33. The number of urea groups is 1. The Hall–Kier alpha value is -3.96. The van der Waals surface area contributed by atoms with E-state index >= 15 is 0 Å². The second kappa shape index (κ2) is 13.8. The van der Waals surface area contributed by atoms with Gasteiger partial charge >= 0.3 is 11.7 Å². The summed E-state index contributed by atoms with van der Waals surface area (Å²) in [6.07, 6.45) is 8.12. The molecule has 6 fully saturated rings. The van der Waals surface area contributed by atoms with Crippen LogP contribution in [0.25, 0.3) is 11.0 Å². The molecular formula is C42H51N5O5. The number of aromatic amines is 1. The summed E-state index contributed by atoms with van der Waals surface area (Å²) >= 11 is 0. The van der Waals surface area contributed by atoms with Crippen molar-refractivity contribution in [2.75, 3.05) is 25.0 Å². The summed E-state index contributed by atoms with van der Waals surface area (Å²) in [4.78, 5) is 31.8. The molecule has 4 bridgehead atoms. The molecule has 3 aromatic carbocycles. The molecule has 2 aliphatic heterocycles. The zero-order valence-electron chi connectivity index (χ0n) is 30.0. The lowest BCUT2D eigenvalue weighted by Crippen LogP contribution is -2.60. The number of likely N-dealkylation sites (tertiary alicyclic amines) is 1. The highest BCUT2D eigenvalue weighted by Gasteiger charge is 2.51. The Bertz CT molecular complexity index is 1930. The highest BCUT2D eigenvalue weighted by Crippen LogP contribution is 2.55. The first-order valence-corrected chi connectivity index (χ1v) is 19.4. The summed E-state index contributed by atoms with van der Waals surface area (Å²) in [5, 5.41) is 16.3. The van der Waals surface area contributed by atoms with Gasteiger partial charge in [-0.05, 0) is 105 Å². The van der Waals surface area contributed by atoms with Crippen LogP contribution in [0.4, 0.5) is 10.5 Å². The molecule has 4 atom stereocenters. The van der Waals surface area contributed by atoms with Crippen molar-refractivity contribution in [2.24, 2.45) is 23.7 Å². The van der Waals surface area contributed by atoms with Crippen LogP contribution in [0.5, 0.6) is 0 Å². The van der Waals surface area contributed by atoms with Gasteiger partial charge in [-0.15, -0.1) is 0 Å². The summed E-state index contributed by atoms with van der Waals surface area (Å²) in [6.45, 7) is 4.65. The van der Waals surface area contributed by atoms with Gasteiger partial charge in [0.1, 0.15) is 0 Å². The molecule has 0 spiro atoms. The quantitative estimate of drug-likeness (QED) is 0.156. The Morgan fingerprint density at radius 3 is 2.33 bits per heavy atom. The Labute approximate surface area is 304 Å². The van der Waals surface area contributed by atoms with Gasteiger partial charge in [-0.2, -0.15) is 0 Å². The van der Waals surface area contributed by atoms with E-state index < -0.39 is 6.29 Å². The molecule has 4 N–H and O–H groups in total. The maximum atomic E-state index is 13.4. The number of piperidine rings is 1. The van der Waals surface area contributed by atoms with E-state index in [9.17, 15) is 14.7 Å². The normalized spacial score (nSPS) is 31.9. The lowest BCUT2D eigenvalue weighted by Gasteiger charge is -2.56. The molecule has 4 unspecified atom stereocenters. The van der Waals surface area contributed by atoms with Crippen LogP contribution in [0.2, 0.25) is 0 Å². The Kier molecular flexibility index (Phi) is 8.97. The smallest absolute Gasteiger partial charge is 0.326 e. The van der Waals surface area contributed by atoms with E-state index in [2.05, 4.69) is 27.4 Å². The molecule has 10 nitrogen and oxygen atoms in total. The largest absolute Gasteiger partial charge is 0.392 e. The van der Waals surface area contributed by atoms with E-state index in [0.29, 0.717) is 0 Å². The van der Waals surface area contributed by atoms with Crippen molar-refractivity contribution < 1.29 is 19.4 Å². The van der Waals surface area contributed by atoms with Crippen LogP contribution in [0.15, 0.2) is 77.6 Å². The van der Waals surface area contributed by atoms with Gasteiger partial charge in [0.15, 0.2) is 6.29 Å². The summed E-state index contributed by atoms with van der Waals surface area (Å²) in [7, 11) is 0. The Balaban J connectivity index is 0.904. The fourth-order valence-corrected chi connectivity index (χ4v) is 10.8. The van der Waals surface area contributed by atoms with Crippen LogP contribution >= 0.6 is 0 Å². The van der Waals surface area contributed by atoms with Gasteiger partial charge in [-0.25, -0.2) is 9.59 Å². The average Bonchev–Trinajstić information content (AvgIpc) is 3.47. The fourth-order valence-electron chi connectivity index (χ4n) is 10.8. The minimum absolute atomic E-state index is 0.00736. The van der Waals surface area contributed by atoms with Crippen molar-refractivity contribution in [3.05, 3.63) is 100.0 Å². The van der Waals surface area contributed by atoms with E-state index in [1.165, 1.54) is 19.3 Å². The number of H-pyrrole nitrogens is 1. The maximum absolute atomic E-state index is 13.4. The number of ether oxygens (including phenoxy) is 2. The van der Waals surface area contributed by atoms with E-state index in [1.54, 1.807) is 0 Å². The van der Waals surface area contributed by atoms with Crippen LogP contribution in [0.3, 0.4) is 0 Å². The number of aliphatic hydroxyl groups is 1. The number of rotatable bonds is 8. The second-order valence-electron chi connectivity index (χ2n) is 16.6. The predicted molar refractivity (Wildman–Crippen MR) is 200 cm³/mol. The zero-order valence-corrected chi connectivity index (χ0v) is 30.0. The molecule has 4 aliphatic carbocycles. The molecule has 274 valence electrons. The molecule has 52 heavy (non-hydrogen) atoms. The second-order valence-corrected chi connectivity index (χ2v) is 16.6. The molecule has 3 heterocycles. The summed E-state index contributed by atoms with van der Waals surface area (Å²) in [5.41, 5.74) is 5.23. The van der Waals surface area contributed by atoms with Crippen LogP contribution < -0.4 is 16.3 Å². The molecular weight excluding hydrogens is 654 g/mol. The maximum Gasteiger partial charge on any atom is 0.326 e. The van der Waals surface area contributed by atoms with Gasteiger partial charge in [0, 0.05) is 48.4 Å². The van der Waals surface area contributed by atoms with Crippen molar-refractivity contribution >= 4 is 22.8 Å². The molecule has 10 heteroatoms. The number of benzene rings is 3. The molecule has 10 rings (SSSR count). The highest BCUT2D eigenvalue weighted by molar-refractivity contribution is 5.90. The van der Waals surface area contributed by atoms with Crippen LogP contribution in [-0.2, 0) is 16.1 Å². The number of carbonyl (C=O) groups is 1. The van der Waals surface area contributed by atoms with Crippen LogP contribution in [0.1, 0.15) is 93.4 Å². The molecule has 0 radical (unpaired) electrons. The van der Waals surface area contributed by atoms with Gasteiger partial charge in [-0.1, -0.05) is 55.5 Å². The number of fused-ring (bicyclic) bond motifs is 1. The summed E-state index contributed by atoms with van der Waals surface area (Å²) < 4.78 is 15.5. The number of carbonyl (C=O) groups excluding carboxylic acids is 1. The third-order valence-corrected chi connectivity index (χ3v) is 12.9. The number of imidazole rings is 1. The van der Waals surface area contributed by atoms with Crippen molar-refractivity contribution in [1.82, 2.24) is 19.8 Å². The van der Waals surface area contributed by atoms with Crippen molar-refractivity contribution in [3.8, 4) is 0 Å². The first kappa shape index (κ1) is 33.8. The number of nitrogens with one attached hydrogen (secondary N) is 3. The minimum atomic E-state index is -0.626. The summed E-state index contributed by atoms with van der Waals surface area (Å²) in [6, 6.07) is 23.8. The molecule has 1 aromatic heterocycles. The number of aliphatic hydroxyl groups excluding tert-OH is 1. The monoisotopic (exact) mass is 705 g/mol. The highest BCUT2D eigenvalue weighted by atomic mass is 16.7. The van der Waals surface area contributed by atoms with E-state index in [1.807, 2.05) is 77.4 Å². The van der Waals surface area contributed by atoms with Gasteiger partial charge < -0.3 is 35.1 Å². The van der Waals surface area contributed by atoms with E-state index in [4.69, 9.17) is 9.47 Å². The van der Waals surface area contributed by atoms with E-state index in [0.717, 1.165) is 103 Å². The van der Waals surface area contributed by atoms with Gasteiger partial charge in [0.05, 0.1) is 29.8 Å². The number of para-hydroxylation sites is 2.